The maximum absolute atomic E-state index is 13.3. The monoisotopic (exact) mass is 388 g/mol. The lowest BCUT2D eigenvalue weighted by Crippen LogP contribution is -2.41. The smallest absolute Gasteiger partial charge is 0.418 e. The second kappa shape index (κ2) is 8.49. The molecule has 1 aliphatic heterocycles. The quantitative estimate of drug-likeness (QED) is 0.744. The highest BCUT2D eigenvalue weighted by molar-refractivity contribution is 5.91. The molecule has 1 aromatic rings. The second-order valence-electron chi connectivity index (χ2n) is 6.52. The van der Waals surface area contributed by atoms with Crippen molar-refractivity contribution in [2.45, 2.75) is 38.9 Å². The molecule has 0 spiro atoms. The largest absolute Gasteiger partial charge is 0.465 e. The zero-order valence-electron chi connectivity index (χ0n) is 15.2. The number of likely N-dealkylation sites (tertiary alicyclic amines) is 1. The molecule has 1 atom stereocenters. The van der Waals surface area contributed by atoms with Crippen molar-refractivity contribution in [3.63, 3.8) is 0 Å². The standard InChI is InChI=1S/C18H23F3N2O4/c1-3-27-16(24)13-4-5-14(18(19,20)21)15(10-13)22-11(2)12-6-8-23(9-7-12)17(25)26/h4-5,10-12,22H,3,6-9H2,1-2H3,(H,25,26)/t11-/m1/s1. The fourth-order valence-corrected chi connectivity index (χ4v) is 3.21. The number of ether oxygens (including phenoxy) is 1. The molecule has 0 radical (unpaired) electrons. The topological polar surface area (TPSA) is 78.9 Å². The molecule has 150 valence electrons. The molecule has 2 rings (SSSR count). The van der Waals surface area contributed by atoms with E-state index in [1.165, 1.54) is 4.90 Å². The van der Waals surface area contributed by atoms with Crippen molar-refractivity contribution in [3.05, 3.63) is 29.3 Å². The molecule has 6 nitrogen and oxygen atoms in total. The lowest BCUT2D eigenvalue weighted by molar-refractivity contribution is -0.137. The van der Waals surface area contributed by atoms with Crippen molar-refractivity contribution in [2.24, 2.45) is 5.92 Å². The molecule has 1 aromatic carbocycles. The summed E-state index contributed by atoms with van der Waals surface area (Å²) in [6.07, 6.45) is -4.45. The third-order valence-electron chi connectivity index (χ3n) is 4.74. The van der Waals surface area contributed by atoms with Crippen LogP contribution < -0.4 is 5.32 Å². The van der Waals surface area contributed by atoms with Crippen molar-refractivity contribution in [3.8, 4) is 0 Å². The summed E-state index contributed by atoms with van der Waals surface area (Å²) in [4.78, 5) is 24.1. The summed E-state index contributed by atoms with van der Waals surface area (Å²) in [6.45, 7) is 4.20. The first-order chi connectivity index (χ1) is 12.6. The van der Waals surface area contributed by atoms with Gasteiger partial charge in [0.1, 0.15) is 0 Å². The molecule has 9 heteroatoms. The summed E-state index contributed by atoms with van der Waals surface area (Å²) in [6, 6.07) is 2.81. The normalized spacial score (nSPS) is 16.7. The van der Waals surface area contributed by atoms with Crippen LogP contribution in [0.4, 0.5) is 23.7 Å². The number of carboxylic acid groups (broad SMARTS) is 1. The first-order valence-electron chi connectivity index (χ1n) is 8.76. The van der Waals surface area contributed by atoms with Gasteiger partial charge in [0.25, 0.3) is 0 Å². The van der Waals surface area contributed by atoms with E-state index in [-0.39, 0.29) is 29.8 Å². The van der Waals surface area contributed by atoms with Crippen LogP contribution in [0.5, 0.6) is 0 Å². The predicted molar refractivity (Wildman–Crippen MR) is 92.8 cm³/mol. The highest BCUT2D eigenvalue weighted by Crippen LogP contribution is 2.36. The predicted octanol–water partition coefficient (Wildman–Crippen LogP) is 4.07. The van der Waals surface area contributed by atoms with Crippen LogP contribution in [-0.4, -0.2) is 47.8 Å². The summed E-state index contributed by atoms with van der Waals surface area (Å²) >= 11 is 0. The molecular weight excluding hydrogens is 365 g/mol. The molecule has 0 bridgehead atoms. The molecule has 1 aliphatic rings. The molecule has 0 aromatic heterocycles. The van der Waals surface area contributed by atoms with Crippen LogP contribution in [0.15, 0.2) is 18.2 Å². The number of carbonyl (C=O) groups is 2. The Morgan fingerprint density at radius 2 is 1.96 bits per heavy atom. The van der Waals surface area contributed by atoms with E-state index in [0.29, 0.717) is 25.9 Å². The molecule has 1 heterocycles. The number of nitrogens with zero attached hydrogens (tertiary/aromatic N) is 1. The lowest BCUT2D eigenvalue weighted by Gasteiger charge is -2.34. The van der Waals surface area contributed by atoms with Gasteiger partial charge < -0.3 is 20.1 Å². The number of hydrogen-bond donors (Lipinski definition) is 2. The molecule has 0 saturated carbocycles. The van der Waals surface area contributed by atoms with Crippen LogP contribution in [-0.2, 0) is 10.9 Å². The average Bonchev–Trinajstić information content (AvgIpc) is 2.61. The summed E-state index contributed by atoms with van der Waals surface area (Å²) in [5.74, 6) is -0.662. The Morgan fingerprint density at radius 1 is 1.33 bits per heavy atom. The Balaban J connectivity index is 2.18. The van der Waals surface area contributed by atoms with Gasteiger partial charge in [-0.2, -0.15) is 13.2 Å². The van der Waals surface area contributed by atoms with E-state index < -0.39 is 23.8 Å². The van der Waals surface area contributed by atoms with Gasteiger partial charge in [-0.05, 0) is 50.8 Å². The number of rotatable bonds is 5. The molecule has 1 fully saturated rings. The van der Waals surface area contributed by atoms with Crippen LogP contribution in [0.25, 0.3) is 0 Å². The van der Waals surface area contributed by atoms with Crippen LogP contribution in [0.2, 0.25) is 0 Å². The highest BCUT2D eigenvalue weighted by Gasteiger charge is 2.35. The van der Waals surface area contributed by atoms with Gasteiger partial charge in [-0.25, -0.2) is 9.59 Å². The van der Waals surface area contributed by atoms with E-state index in [0.717, 1.165) is 18.2 Å². The van der Waals surface area contributed by atoms with Crippen molar-refractivity contribution in [1.82, 2.24) is 4.90 Å². The maximum atomic E-state index is 13.3. The average molecular weight is 388 g/mol. The van der Waals surface area contributed by atoms with Crippen LogP contribution in [0.1, 0.15) is 42.6 Å². The minimum absolute atomic E-state index is 0.0212. The van der Waals surface area contributed by atoms with Gasteiger partial charge in [0, 0.05) is 24.8 Å². The Labute approximate surface area is 155 Å². The van der Waals surface area contributed by atoms with Gasteiger partial charge in [0.05, 0.1) is 17.7 Å². The molecule has 1 saturated heterocycles. The maximum Gasteiger partial charge on any atom is 0.418 e. The van der Waals surface area contributed by atoms with Crippen molar-refractivity contribution in [2.75, 3.05) is 25.0 Å². The van der Waals surface area contributed by atoms with E-state index in [1.54, 1.807) is 13.8 Å². The fraction of sp³-hybridized carbons (Fsp3) is 0.556. The summed E-state index contributed by atoms with van der Waals surface area (Å²) < 4.78 is 44.9. The van der Waals surface area contributed by atoms with Crippen LogP contribution in [0.3, 0.4) is 0 Å². The Hall–Kier alpha value is -2.45. The fourth-order valence-electron chi connectivity index (χ4n) is 3.21. The zero-order chi connectivity index (χ0) is 20.2. The third kappa shape index (κ3) is 5.27. The Morgan fingerprint density at radius 3 is 2.48 bits per heavy atom. The van der Waals surface area contributed by atoms with Crippen molar-refractivity contribution in [1.29, 1.82) is 0 Å². The van der Waals surface area contributed by atoms with Gasteiger partial charge >= 0.3 is 18.2 Å². The van der Waals surface area contributed by atoms with Gasteiger partial charge in [-0.15, -0.1) is 0 Å². The second-order valence-corrected chi connectivity index (χ2v) is 6.52. The molecule has 27 heavy (non-hydrogen) atoms. The number of hydrogen-bond acceptors (Lipinski definition) is 4. The molecule has 0 unspecified atom stereocenters. The van der Waals surface area contributed by atoms with E-state index in [9.17, 15) is 22.8 Å². The number of esters is 1. The zero-order valence-corrected chi connectivity index (χ0v) is 15.2. The number of benzene rings is 1. The number of piperidine rings is 1. The number of carbonyl (C=O) groups excluding carboxylic acids is 1. The van der Waals surface area contributed by atoms with E-state index in [1.807, 2.05) is 0 Å². The lowest BCUT2D eigenvalue weighted by atomic mass is 9.90. The van der Waals surface area contributed by atoms with Gasteiger partial charge in [0.2, 0.25) is 0 Å². The molecule has 2 N–H and O–H groups in total. The first-order valence-corrected chi connectivity index (χ1v) is 8.76. The van der Waals surface area contributed by atoms with Crippen molar-refractivity contribution >= 4 is 17.7 Å². The SMILES string of the molecule is CCOC(=O)c1ccc(C(F)(F)F)c(N[C@H](C)C2CCN(C(=O)O)CC2)c1. The van der Waals surface area contributed by atoms with Crippen LogP contribution in [0, 0.1) is 5.92 Å². The third-order valence-corrected chi connectivity index (χ3v) is 4.74. The summed E-state index contributed by atoms with van der Waals surface area (Å²) in [5.41, 5.74) is -0.994. The Bertz CT molecular complexity index is 686. The van der Waals surface area contributed by atoms with E-state index in [4.69, 9.17) is 9.84 Å². The van der Waals surface area contributed by atoms with Gasteiger partial charge in [-0.1, -0.05) is 0 Å². The number of halogens is 3. The molecule has 0 aliphatic carbocycles. The molecule has 1 amide bonds. The minimum atomic E-state index is -4.57. The van der Waals surface area contributed by atoms with Crippen LogP contribution >= 0.6 is 0 Å². The van der Waals surface area contributed by atoms with Crippen molar-refractivity contribution < 1.29 is 32.6 Å². The minimum Gasteiger partial charge on any atom is -0.465 e. The number of alkyl halides is 3. The number of nitrogens with one attached hydrogen (secondary N) is 1. The summed E-state index contributed by atoms with van der Waals surface area (Å²) in [5, 5.41) is 11.9. The summed E-state index contributed by atoms with van der Waals surface area (Å²) in [7, 11) is 0. The Kier molecular flexibility index (Phi) is 6.56. The van der Waals surface area contributed by atoms with Gasteiger partial charge in [0.15, 0.2) is 0 Å². The molecular formula is C18H23F3N2O4. The first kappa shape index (κ1) is 20.9. The highest BCUT2D eigenvalue weighted by atomic mass is 19.4. The number of anilines is 1. The van der Waals surface area contributed by atoms with Gasteiger partial charge in [-0.3, -0.25) is 0 Å². The number of amides is 1. The van der Waals surface area contributed by atoms with E-state index >= 15 is 0 Å². The van der Waals surface area contributed by atoms with E-state index in [2.05, 4.69) is 5.32 Å².